The van der Waals surface area contributed by atoms with E-state index in [-0.39, 0.29) is 30.9 Å². The second kappa shape index (κ2) is 5.61. The molecule has 14 heavy (non-hydrogen) atoms. The van der Waals surface area contributed by atoms with Gasteiger partial charge in [-0.25, -0.2) is 0 Å². The fourth-order valence-corrected chi connectivity index (χ4v) is 2.03. The van der Waals surface area contributed by atoms with Crippen molar-refractivity contribution in [3.8, 4) is 6.07 Å². The molecule has 2 unspecified atom stereocenters. The molecule has 1 aliphatic carbocycles. The van der Waals surface area contributed by atoms with Gasteiger partial charge < -0.3 is 10.4 Å². The molecule has 2 N–H and O–H groups in total. The third-order valence-electron chi connectivity index (χ3n) is 2.82. The Labute approximate surface area is 83.9 Å². The summed E-state index contributed by atoms with van der Waals surface area (Å²) in [5.74, 6) is -0.0881. The molecular formula is C10H16N2O2. The minimum Gasteiger partial charge on any atom is -0.396 e. The van der Waals surface area contributed by atoms with Crippen LogP contribution < -0.4 is 5.32 Å². The maximum Gasteiger partial charge on any atom is 0.224 e. The Morgan fingerprint density at radius 1 is 1.50 bits per heavy atom. The second-order valence-electron chi connectivity index (χ2n) is 3.71. The van der Waals surface area contributed by atoms with Crippen molar-refractivity contribution < 1.29 is 9.90 Å². The van der Waals surface area contributed by atoms with Crippen LogP contribution in [0.3, 0.4) is 0 Å². The van der Waals surface area contributed by atoms with Crippen molar-refractivity contribution in [2.45, 2.75) is 25.7 Å². The van der Waals surface area contributed by atoms with Crippen molar-refractivity contribution >= 4 is 5.91 Å². The number of carbonyl (C=O) groups excluding carboxylic acids is 1. The normalized spacial score (nSPS) is 26.6. The van der Waals surface area contributed by atoms with Gasteiger partial charge in [-0.3, -0.25) is 4.79 Å². The van der Waals surface area contributed by atoms with E-state index in [9.17, 15) is 4.79 Å². The van der Waals surface area contributed by atoms with E-state index in [4.69, 9.17) is 10.4 Å². The van der Waals surface area contributed by atoms with E-state index in [0.717, 1.165) is 25.7 Å². The van der Waals surface area contributed by atoms with Gasteiger partial charge in [-0.15, -0.1) is 0 Å². The first-order valence-corrected chi connectivity index (χ1v) is 5.05. The lowest BCUT2D eigenvalue weighted by atomic mass is 9.79. The Balaban J connectivity index is 2.46. The molecule has 0 bridgehead atoms. The highest BCUT2D eigenvalue weighted by Gasteiger charge is 2.29. The third kappa shape index (κ3) is 2.71. The van der Waals surface area contributed by atoms with Crippen LogP contribution >= 0.6 is 0 Å². The molecule has 2 atom stereocenters. The summed E-state index contributed by atoms with van der Waals surface area (Å²) in [4.78, 5) is 11.6. The Morgan fingerprint density at radius 2 is 2.21 bits per heavy atom. The SMILES string of the molecule is N#CCNC(=O)C1CCCCC1CO. The van der Waals surface area contributed by atoms with Gasteiger partial charge in [-0.05, 0) is 18.8 Å². The minimum atomic E-state index is -0.0953. The average molecular weight is 196 g/mol. The predicted molar refractivity (Wildman–Crippen MR) is 51.2 cm³/mol. The van der Waals surface area contributed by atoms with Crippen LogP contribution in [0.2, 0.25) is 0 Å². The molecule has 0 saturated heterocycles. The Morgan fingerprint density at radius 3 is 2.86 bits per heavy atom. The standard InChI is InChI=1S/C10H16N2O2/c11-5-6-12-10(14)9-4-2-1-3-8(9)7-13/h8-9,13H,1-4,6-7H2,(H,12,14). The Hall–Kier alpha value is -1.08. The molecule has 78 valence electrons. The molecule has 0 heterocycles. The fraction of sp³-hybridized carbons (Fsp3) is 0.800. The summed E-state index contributed by atoms with van der Waals surface area (Å²) in [6.45, 7) is 0.137. The van der Waals surface area contributed by atoms with Crippen LogP contribution in [0.1, 0.15) is 25.7 Å². The highest BCUT2D eigenvalue weighted by molar-refractivity contribution is 5.79. The van der Waals surface area contributed by atoms with Gasteiger partial charge in [0.15, 0.2) is 0 Å². The molecule has 4 nitrogen and oxygen atoms in total. The van der Waals surface area contributed by atoms with Crippen molar-refractivity contribution in [2.75, 3.05) is 13.2 Å². The quantitative estimate of drug-likeness (QED) is 0.643. The number of carbonyl (C=O) groups is 1. The molecule has 1 saturated carbocycles. The van der Waals surface area contributed by atoms with Crippen LogP contribution in [0, 0.1) is 23.2 Å². The van der Waals surface area contributed by atoms with Crippen LogP contribution in [-0.4, -0.2) is 24.2 Å². The maximum atomic E-state index is 11.6. The number of hydrogen-bond acceptors (Lipinski definition) is 3. The molecule has 1 amide bonds. The number of rotatable bonds is 3. The van der Waals surface area contributed by atoms with Crippen molar-refractivity contribution in [1.82, 2.24) is 5.32 Å². The summed E-state index contributed by atoms with van der Waals surface area (Å²) in [5.41, 5.74) is 0. The largest absolute Gasteiger partial charge is 0.396 e. The van der Waals surface area contributed by atoms with Crippen LogP contribution in [0.5, 0.6) is 0 Å². The van der Waals surface area contributed by atoms with Gasteiger partial charge in [0.25, 0.3) is 0 Å². The molecule has 0 aliphatic heterocycles. The summed E-state index contributed by atoms with van der Waals surface area (Å²) in [5, 5.41) is 20.0. The average Bonchev–Trinajstić information content (AvgIpc) is 2.25. The van der Waals surface area contributed by atoms with Gasteiger partial charge in [0.2, 0.25) is 5.91 Å². The van der Waals surface area contributed by atoms with E-state index >= 15 is 0 Å². The number of nitriles is 1. The summed E-state index contributed by atoms with van der Waals surface area (Å²) >= 11 is 0. The van der Waals surface area contributed by atoms with E-state index in [2.05, 4.69) is 5.32 Å². The van der Waals surface area contributed by atoms with Crippen molar-refractivity contribution in [2.24, 2.45) is 11.8 Å². The van der Waals surface area contributed by atoms with Crippen LogP contribution in [0.15, 0.2) is 0 Å². The first-order chi connectivity index (χ1) is 6.79. The monoisotopic (exact) mass is 196 g/mol. The second-order valence-corrected chi connectivity index (χ2v) is 3.71. The first-order valence-electron chi connectivity index (χ1n) is 5.05. The smallest absolute Gasteiger partial charge is 0.224 e. The fourth-order valence-electron chi connectivity index (χ4n) is 2.03. The zero-order chi connectivity index (χ0) is 10.4. The lowest BCUT2D eigenvalue weighted by molar-refractivity contribution is -0.128. The van der Waals surface area contributed by atoms with Crippen LogP contribution in [0.4, 0.5) is 0 Å². The molecule has 4 heteroatoms. The topological polar surface area (TPSA) is 73.1 Å². The Kier molecular flexibility index (Phi) is 4.41. The molecule has 1 fully saturated rings. The number of nitrogens with zero attached hydrogens (tertiary/aromatic N) is 1. The molecule has 0 aromatic carbocycles. The zero-order valence-corrected chi connectivity index (χ0v) is 8.20. The maximum absolute atomic E-state index is 11.6. The summed E-state index contributed by atoms with van der Waals surface area (Å²) in [7, 11) is 0. The lowest BCUT2D eigenvalue weighted by Gasteiger charge is -2.28. The predicted octanol–water partition coefficient (Wildman–Crippen LogP) is 0.425. The van der Waals surface area contributed by atoms with E-state index in [0.29, 0.717) is 0 Å². The highest BCUT2D eigenvalue weighted by Crippen LogP contribution is 2.29. The Bertz CT molecular complexity index is 235. The number of hydrogen-bond donors (Lipinski definition) is 2. The summed E-state index contributed by atoms with van der Waals surface area (Å²) in [6.07, 6.45) is 3.89. The molecular weight excluding hydrogens is 180 g/mol. The van der Waals surface area contributed by atoms with Gasteiger partial charge in [0.1, 0.15) is 6.54 Å². The minimum absolute atomic E-state index is 0.0630. The summed E-state index contributed by atoms with van der Waals surface area (Å²) in [6, 6.07) is 1.88. The van der Waals surface area contributed by atoms with E-state index in [1.54, 1.807) is 0 Å². The van der Waals surface area contributed by atoms with Gasteiger partial charge in [-0.1, -0.05) is 12.8 Å². The molecule has 0 aromatic heterocycles. The van der Waals surface area contributed by atoms with E-state index in [1.165, 1.54) is 0 Å². The van der Waals surface area contributed by atoms with Gasteiger partial charge in [0.05, 0.1) is 6.07 Å². The van der Waals surface area contributed by atoms with Crippen molar-refractivity contribution in [3.05, 3.63) is 0 Å². The lowest BCUT2D eigenvalue weighted by Crippen LogP contribution is -2.38. The number of aliphatic hydroxyl groups is 1. The van der Waals surface area contributed by atoms with E-state index < -0.39 is 0 Å². The highest BCUT2D eigenvalue weighted by atomic mass is 16.3. The van der Waals surface area contributed by atoms with Crippen molar-refractivity contribution in [3.63, 3.8) is 0 Å². The van der Waals surface area contributed by atoms with Gasteiger partial charge >= 0.3 is 0 Å². The summed E-state index contributed by atoms with van der Waals surface area (Å²) < 4.78 is 0. The molecule has 0 aromatic rings. The number of aliphatic hydroxyl groups excluding tert-OH is 1. The van der Waals surface area contributed by atoms with Gasteiger partial charge in [-0.2, -0.15) is 5.26 Å². The van der Waals surface area contributed by atoms with Crippen LogP contribution in [-0.2, 0) is 4.79 Å². The number of amides is 1. The molecule has 0 radical (unpaired) electrons. The van der Waals surface area contributed by atoms with Gasteiger partial charge in [0, 0.05) is 12.5 Å². The first kappa shape index (κ1) is 11.0. The number of nitrogens with one attached hydrogen (secondary N) is 1. The zero-order valence-electron chi connectivity index (χ0n) is 8.20. The van der Waals surface area contributed by atoms with Crippen LogP contribution in [0.25, 0.3) is 0 Å². The third-order valence-corrected chi connectivity index (χ3v) is 2.82. The molecule has 1 aliphatic rings. The van der Waals surface area contributed by atoms with Crippen molar-refractivity contribution in [1.29, 1.82) is 5.26 Å². The van der Waals surface area contributed by atoms with E-state index in [1.807, 2.05) is 6.07 Å². The molecule has 0 spiro atoms. The molecule has 1 rings (SSSR count).